The summed E-state index contributed by atoms with van der Waals surface area (Å²) in [7, 11) is 0. The van der Waals surface area contributed by atoms with Crippen molar-refractivity contribution in [3.8, 4) is 0 Å². The Hall–Kier alpha value is -3.15. The van der Waals surface area contributed by atoms with Gasteiger partial charge in [0.15, 0.2) is 6.10 Å². The number of carbonyl (C=O) groups is 3. The van der Waals surface area contributed by atoms with E-state index in [1.165, 1.54) is 167 Å². The molecule has 0 saturated heterocycles. The molecule has 0 bridgehead atoms. The van der Waals surface area contributed by atoms with Crippen molar-refractivity contribution in [2.45, 2.75) is 316 Å². The van der Waals surface area contributed by atoms with Crippen LogP contribution in [0.15, 0.2) is 72.9 Å². The van der Waals surface area contributed by atoms with Crippen LogP contribution in [0.4, 0.5) is 0 Å². The molecule has 0 aliphatic rings. The quantitative estimate of drug-likeness (QED) is 0.0261. The highest BCUT2D eigenvalue weighted by molar-refractivity contribution is 5.71. The monoisotopic (exact) mass is 1000 g/mol. The number of carbonyl (C=O) groups excluding carboxylic acids is 3. The van der Waals surface area contributed by atoms with Gasteiger partial charge in [0.1, 0.15) is 13.2 Å². The van der Waals surface area contributed by atoms with Crippen LogP contribution in [0.5, 0.6) is 0 Å². The summed E-state index contributed by atoms with van der Waals surface area (Å²) in [6.07, 6.45) is 78.1. The van der Waals surface area contributed by atoms with Gasteiger partial charge in [0, 0.05) is 19.3 Å². The van der Waals surface area contributed by atoms with Crippen LogP contribution in [0.3, 0.4) is 0 Å². The van der Waals surface area contributed by atoms with Gasteiger partial charge in [-0.15, -0.1) is 0 Å². The average molecular weight is 1010 g/mol. The van der Waals surface area contributed by atoms with Gasteiger partial charge >= 0.3 is 17.9 Å². The highest BCUT2D eigenvalue weighted by atomic mass is 16.6. The van der Waals surface area contributed by atoms with Gasteiger partial charge in [-0.3, -0.25) is 14.4 Å². The summed E-state index contributed by atoms with van der Waals surface area (Å²) in [5.41, 5.74) is 0. The van der Waals surface area contributed by atoms with E-state index in [0.29, 0.717) is 19.3 Å². The number of hydrogen-bond acceptors (Lipinski definition) is 6. The molecule has 0 rings (SSSR count). The van der Waals surface area contributed by atoms with Gasteiger partial charge in [-0.2, -0.15) is 0 Å². The van der Waals surface area contributed by atoms with Gasteiger partial charge in [0.05, 0.1) is 0 Å². The molecule has 0 spiro atoms. The lowest BCUT2D eigenvalue weighted by Crippen LogP contribution is -2.30. The van der Waals surface area contributed by atoms with E-state index in [1.807, 2.05) is 0 Å². The summed E-state index contributed by atoms with van der Waals surface area (Å²) in [6, 6.07) is 0. The summed E-state index contributed by atoms with van der Waals surface area (Å²) in [6.45, 7) is 6.47. The highest BCUT2D eigenvalue weighted by Gasteiger charge is 2.19. The second kappa shape index (κ2) is 60.4. The maximum absolute atomic E-state index is 12.8. The second-order valence-corrected chi connectivity index (χ2v) is 20.6. The maximum Gasteiger partial charge on any atom is 0.306 e. The molecule has 6 nitrogen and oxygen atoms in total. The number of unbranched alkanes of at least 4 members (excludes halogenated alkanes) is 33. The zero-order valence-electron chi connectivity index (χ0n) is 47.7. The van der Waals surface area contributed by atoms with E-state index in [4.69, 9.17) is 14.2 Å². The van der Waals surface area contributed by atoms with Crippen LogP contribution in [0.25, 0.3) is 0 Å². The normalized spacial score (nSPS) is 12.5. The average Bonchev–Trinajstić information content (AvgIpc) is 3.38. The van der Waals surface area contributed by atoms with E-state index in [2.05, 4.69) is 93.7 Å². The minimum atomic E-state index is -0.772. The number of hydrogen-bond donors (Lipinski definition) is 0. The molecule has 0 N–H and O–H groups in total. The summed E-state index contributed by atoms with van der Waals surface area (Å²) in [5, 5.41) is 0. The van der Waals surface area contributed by atoms with Crippen molar-refractivity contribution >= 4 is 17.9 Å². The van der Waals surface area contributed by atoms with Crippen molar-refractivity contribution in [1.29, 1.82) is 0 Å². The largest absolute Gasteiger partial charge is 0.462 e. The molecular weight excluding hydrogens is 889 g/mol. The third-order valence-electron chi connectivity index (χ3n) is 13.4. The predicted molar refractivity (Wildman–Crippen MR) is 311 cm³/mol. The van der Waals surface area contributed by atoms with Crippen LogP contribution in [0.2, 0.25) is 0 Å². The number of rotatable bonds is 56. The summed E-state index contributed by atoms with van der Waals surface area (Å²) < 4.78 is 16.8. The highest BCUT2D eigenvalue weighted by Crippen LogP contribution is 2.17. The third-order valence-corrected chi connectivity index (χ3v) is 13.4. The molecule has 0 aromatic carbocycles. The zero-order valence-corrected chi connectivity index (χ0v) is 47.7. The van der Waals surface area contributed by atoms with Crippen LogP contribution in [-0.2, 0) is 28.6 Å². The Bertz CT molecular complexity index is 1340. The lowest BCUT2D eigenvalue weighted by molar-refractivity contribution is -0.167. The Balaban J connectivity index is 3.93. The SMILES string of the molecule is CC/C=C\C/C=C\C/C=C\C/C=C\C/C=C\CCCCCCCCCCCCCCCCCCCCCC(=O)OCC(COC(=O)CCCCCCCCCC)OC(=O)CCCCCCC/C=C\CCCC. The Labute approximate surface area is 446 Å². The van der Waals surface area contributed by atoms with Crippen molar-refractivity contribution in [3.05, 3.63) is 72.9 Å². The smallest absolute Gasteiger partial charge is 0.306 e. The first-order valence-electron chi connectivity index (χ1n) is 30.9. The Kier molecular flexibility index (Phi) is 57.8. The van der Waals surface area contributed by atoms with Crippen molar-refractivity contribution < 1.29 is 28.6 Å². The van der Waals surface area contributed by atoms with Gasteiger partial charge in [-0.1, -0.05) is 280 Å². The predicted octanol–water partition coefficient (Wildman–Crippen LogP) is 20.9. The van der Waals surface area contributed by atoms with Crippen molar-refractivity contribution in [3.63, 3.8) is 0 Å². The number of esters is 3. The van der Waals surface area contributed by atoms with Gasteiger partial charge in [0.2, 0.25) is 0 Å². The van der Waals surface area contributed by atoms with Crippen LogP contribution >= 0.6 is 0 Å². The molecular formula is C66H116O6. The molecule has 0 aliphatic carbocycles. The standard InChI is InChI=1S/C66H116O6/c1-4-7-10-13-16-19-21-22-23-24-25-26-27-28-29-30-31-32-33-34-35-36-37-38-39-40-41-42-43-44-46-47-50-53-56-59-65(68)71-62-63(61-70-64(67)58-55-52-49-18-15-12-9-6-3)72-66(69)60-57-54-51-48-45-20-17-14-11-8-5-2/h7,10,14,16-17,19,22-23,25-26,28-29,63H,4-6,8-9,11-13,15,18,20-21,24,27,30-62H2,1-3H3/b10-7-,17-14-,19-16-,23-22-,26-25-,29-28-. The lowest BCUT2D eigenvalue weighted by Gasteiger charge is -2.18. The van der Waals surface area contributed by atoms with Crippen molar-refractivity contribution in [1.82, 2.24) is 0 Å². The zero-order chi connectivity index (χ0) is 52.2. The van der Waals surface area contributed by atoms with E-state index in [9.17, 15) is 14.4 Å². The molecule has 0 heterocycles. The third kappa shape index (κ3) is 57.7. The molecule has 0 aliphatic heterocycles. The number of ether oxygens (including phenoxy) is 3. The fourth-order valence-corrected chi connectivity index (χ4v) is 8.81. The summed E-state index contributed by atoms with van der Waals surface area (Å²) in [4.78, 5) is 37.9. The molecule has 0 saturated carbocycles. The molecule has 1 unspecified atom stereocenters. The first-order chi connectivity index (χ1) is 35.5. The van der Waals surface area contributed by atoms with E-state index in [0.717, 1.165) is 103 Å². The van der Waals surface area contributed by atoms with Crippen LogP contribution in [0, 0.1) is 0 Å². The topological polar surface area (TPSA) is 78.9 Å². The van der Waals surface area contributed by atoms with Crippen molar-refractivity contribution in [2.24, 2.45) is 0 Å². The second-order valence-electron chi connectivity index (χ2n) is 20.6. The number of allylic oxidation sites excluding steroid dienone is 12. The minimum absolute atomic E-state index is 0.0737. The Morgan fingerprint density at radius 2 is 0.556 bits per heavy atom. The molecule has 416 valence electrons. The van der Waals surface area contributed by atoms with Crippen molar-refractivity contribution in [2.75, 3.05) is 13.2 Å². The van der Waals surface area contributed by atoms with E-state index in [1.54, 1.807) is 0 Å². The molecule has 0 aromatic heterocycles. The van der Waals surface area contributed by atoms with E-state index in [-0.39, 0.29) is 31.1 Å². The fraction of sp³-hybridized carbons (Fsp3) is 0.773. The van der Waals surface area contributed by atoms with E-state index < -0.39 is 6.10 Å². The fourth-order valence-electron chi connectivity index (χ4n) is 8.81. The van der Waals surface area contributed by atoms with Crippen LogP contribution in [-0.4, -0.2) is 37.2 Å². The van der Waals surface area contributed by atoms with Gasteiger partial charge in [-0.25, -0.2) is 0 Å². The molecule has 1 atom stereocenters. The molecule has 72 heavy (non-hydrogen) atoms. The van der Waals surface area contributed by atoms with Crippen LogP contribution in [0.1, 0.15) is 310 Å². The molecule has 0 radical (unpaired) electrons. The van der Waals surface area contributed by atoms with Gasteiger partial charge < -0.3 is 14.2 Å². The summed E-state index contributed by atoms with van der Waals surface area (Å²) in [5.74, 6) is -0.877. The summed E-state index contributed by atoms with van der Waals surface area (Å²) >= 11 is 0. The van der Waals surface area contributed by atoms with Gasteiger partial charge in [-0.05, 0) is 83.5 Å². The molecule has 0 amide bonds. The first kappa shape index (κ1) is 68.8. The maximum atomic E-state index is 12.8. The molecule has 0 aromatic rings. The molecule has 6 heteroatoms. The molecule has 0 fully saturated rings. The minimum Gasteiger partial charge on any atom is -0.462 e. The van der Waals surface area contributed by atoms with Gasteiger partial charge in [0.25, 0.3) is 0 Å². The lowest BCUT2D eigenvalue weighted by atomic mass is 10.0. The Morgan fingerprint density at radius 1 is 0.292 bits per heavy atom. The Morgan fingerprint density at radius 3 is 0.903 bits per heavy atom. The van der Waals surface area contributed by atoms with E-state index >= 15 is 0 Å². The first-order valence-corrected chi connectivity index (χ1v) is 30.9. The van der Waals surface area contributed by atoms with Crippen LogP contribution < -0.4 is 0 Å².